The van der Waals surface area contributed by atoms with E-state index in [9.17, 15) is 4.79 Å². The summed E-state index contributed by atoms with van der Waals surface area (Å²) in [4.78, 5) is 15.8. The summed E-state index contributed by atoms with van der Waals surface area (Å²) in [5.74, 6) is 1.63. The van der Waals surface area contributed by atoms with E-state index in [0.29, 0.717) is 6.04 Å². The van der Waals surface area contributed by atoms with Crippen LogP contribution in [-0.4, -0.2) is 42.1 Å². The van der Waals surface area contributed by atoms with Crippen LogP contribution in [0.5, 0.6) is 0 Å². The highest BCUT2D eigenvalue weighted by Gasteiger charge is 2.38. The van der Waals surface area contributed by atoms with Crippen molar-refractivity contribution in [2.24, 2.45) is 0 Å². The number of fused-ring (bicyclic) bond motifs is 1. The number of nitrogens with one attached hydrogen (secondary N) is 2. The van der Waals surface area contributed by atoms with E-state index in [1.54, 1.807) is 0 Å². The summed E-state index contributed by atoms with van der Waals surface area (Å²) in [6, 6.07) is 24.8. The van der Waals surface area contributed by atoms with Gasteiger partial charge in [-0.2, -0.15) is 0 Å². The Balaban J connectivity index is 1.25. The molecule has 2 atom stereocenters. The van der Waals surface area contributed by atoms with Gasteiger partial charge in [-0.05, 0) is 75.2 Å². The summed E-state index contributed by atoms with van der Waals surface area (Å²) in [7, 11) is 2.00. The van der Waals surface area contributed by atoms with Gasteiger partial charge in [0.2, 0.25) is 5.91 Å². The number of benzene rings is 3. The van der Waals surface area contributed by atoms with E-state index in [0.717, 1.165) is 69.1 Å². The smallest absolute Gasteiger partial charge is 0.225 e. The first-order valence-corrected chi connectivity index (χ1v) is 14.6. The number of hydrogen-bond acceptors (Lipinski definition) is 6. The molecular weight excluding hydrogens is 524 g/mol. The molecule has 6 rings (SSSR count). The van der Waals surface area contributed by atoms with Crippen molar-refractivity contribution in [2.75, 3.05) is 20.1 Å². The Morgan fingerprint density at radius 3 is 2.48 bits per heavy atom. The third-order valence-corrected chi connectivity index (χ3v) is 8.45. The summed E-state index contributed by atoms with van der Waals surface area (Å²) < 4.78 is 12.0. The first-order chi connectivity index (χ1) is 20.3. The number of carbonyl (C=O) groups excluding carboxylic acids is 1. The molecule has 5 aromatic rings. The van der Waals surface area contributed by atoms with Crippen LogP contribution < -0.4 is 10.6 Å². The zero-order chi connectivity index (χ0) is 29.4. The lowest BCUT2D eigenvalue weighted by atomic mass is 9.93. The topological polar surface area (TPSA) is 83.5 Å². The number of hydrogen-bond donors (Lipinski definition) is 2. The minimum Gasteiger partial charge on any atom is -0.459 e. The molecule has 1 fully saturated rings. The van der Waals surface area contributed by atoms with Crippen molar-refractivity contribution < 1.29 is 13.7 Å². The third-order valence-electron chi connectivity index (χ3n) is 8.45. The fourth-order valence-electron chi connectivity index (χ4n) is 6.18. The van der Waals surface area contributed by atoms with E-state index < -0.39 is 0 Å². The van der Waals surface area contributed by atoms with Crippen LogP contribution >= 0.6 is 0 Å². The molecule has 7 heteroatoms. The summed E-state index contributed by atoms with van der Waals surface area (Å²) in [5, 5.41) is 11.9. The van der Waals surface area contributed by atoms with Crippen molar-refractivity contribution >= 4 is 16.9 Å². The number of likely N-dealkylation sites (tertiary alicyclic amines) is 1. The van der Waals surface area contributed by atoms with Crippen LogP contribution in [0.4, 0.5) is 0 Å². The Morgan fingerprint density at radius 2 is 1.79 bits per heavy atom. The van der Waals surface area contributed by atoms with Gasteiger partial charge in [0.05, 0.1) is 24.2 Å². The van der Waals surface area contributed by atoms with Crippen LogP contribution in [0.2, 0.25) is 0 Å². The molecule has 0 bridgehead atoms. The standard InChI is InChI=1S/C35H38N4O3/c1-21-11-13-29(22(2)15-21)34(26-9-7-6-8-10-26)37-32(40)17-25-12-14-30-27(16-25)18-31(41-30)35(39-19-28(20-39)36-5)33-23(3)38-42-24(33)4/h6-16,18,28,34-36H,17,19-20H2,1-5H3,(H,37,40)/t34-,35?/m0/s1. The molecule has 2 N–H and O–H groups in total. The first-order valence-electron chi connectivity index (χ1n) is 14.6. The number of furan rings is 1. The van der Waals surface area contributed by atoms with E-state index in [1.807, 2.05) is 51.2 Å². The van der Waals surface area contributed by atoms with Gasteiger partial charge < -0.3 is 19.6 Å². The lowest BCUT2D eigenvalue weighted by Crippen LogP contribution is -2.58. The van der Waals surface area contributed by atoms with Gasteiger partial charge >= 0.3 is 0 Å². The Bertz CT molecular complexity index is 1700. The first kappa shape index (κ1) is 27.9. The molecule has 0 aliphatic carbocycles. The molecule has 42 heavy (non-hydrogen) atoms. The minimum atomic E-state index is -0.225. The monoisotopic (exact) mass is 562 g/mol. The molecule has 216 valence electrons. The Morgan fingerprint density at radius 1 is 1.00 bits per heavy atom. The van der Waals surface area contributed by atoms with Crippen molar-refractivity contribution in [1.82, 2.24) is 20.7 Å². The molecule has 1 unspecified atom stereocenters. The van der Waals surface area contributed by atoms with Gasteiger partial charge in [-0.15, -0.1) is 0 Å². The molecule has 2 aromatic heterocycles. The van der Waals surface area contributed by atoms with Gasteiger partial charge in [0.1, 0.15) is 17.1 Å². The van der Waals surface area contributed by atoms with Crippen molar-refractivity contribution in [2.45, 2.75) is 52.2 Å². The lowest BCUT2D eigenvalue weighted by Gasteiger charge is -2.43. The fourth-order valence-corrected chi connectivity index (χ4v) is 6.18. The second-order valence-corrected chi connectivity index (χ2v) is 11.5. The average molecular weight is 563 g/mol. The van der Waals surface area contributed by atoms with Crippen molar-refractivity contribution in [3.05, 3.63) is 123 Å². The minimum absolute atomic E-state index is 0.0285. The van der Waals surface area contributed by atoms with Crippen LogP contribution in [0.25, 0.3) is 11.0 Å². The van der Waals surface area contributed by atoms with Gasteiger partial charge in [-0.3, -0.25) is 9.69 Å². The molecule has 1 amide bonds. The zero-order valence-electron chi connectivity index (χ0n) is 24.9. The number of likely N-dealkylation sites (N-methyl/N-ethyl adjacent to an activating group) is 1. The molecular formula is C35H38N4O3. The number of amides is 1. The van der Waals surface area contributed by atoms with Crippen molar-refractivity contribution in [3.63, 3.8) is 0 Å². The highest BCUT2D eigenvalue weighted by molar-refractivity contribution is 5.83. The predicted molar refractivity (Wildman–Crippen MR) is 165 cm³/mol. The van der Waals surface area contributed by atoms with Crippen LogP contribution in [-0.2, 0) is 11.2 Å². The molecule has 0 saturated carbocycles. The van der Waals surface area contributed by atoms with Gasteiger partial charge in [0, 0.05) is 30.1 Å². The van der Waals surface area contributed by atoms with E-state index in [-0.39, 0.29) is 24.4 Å². The fraction of sp³-hybridized carbons (Fsp3) is 0.314. The average Bonchev–Trinajstić information content (AvgIpc) is 3.52. The van der Waals surface area contributed by atoms with Crippen molar-refractivity contribution in [1.29, 1.82) is 0 Å². The highest BCUT2D eigenvalue weighted by Crippen LogP contribution is 2.38. The molecule has 0 radical (unpaired) electrons. The number of carbonyl (C=O) groups is 1. The van der Waals surface area contributed by atoms with Crippen LogP contribution in [0, 0.1) is 27.7 Å². The number of nitrogens with zero attached hydrogens (tertiary/aromatic N) is 2. The van der Waals surface area contributed by atoms with Gasteiger partial charge in [-0.1, -0.05) is 65.3 Å². The number of aromatic nitrogens is 1. The summed E-state index contributed by atoms with van der Waals surface area (Å²) >= 11 is 0. The van der Waals surface area contributed by atoms with Crippen molar-refractivity contribution in [3.8, 4) is 0 Å². The summed E-state index contributed by atoms with van der Waals surface area (Å²) in [6.07, 6.45) is 0.272. The highest BCUT2D eigenvalue weighted by atomic mass is 16.5. The quantitative estimate of drug-likeness (QED) is 0.226. The number of aryl methyl sites for hydroxylation is 4. The normalized spacial score (nSPS) is 15.5. The SMILES string of the molecule is CNC1CN(C(c2cc3cc(CC(=O)N[C@@H](c4ccccc4)c4ccc(C)cc4C)ccc3o2)c2c(C)noc2C)C1. The van der Waals surface area contributed by atoms with Crippen LogP contribution in [0.15, 0.2) is 81.7 Å². The maximum absolute atomic E-state index is 13.5. The lowest BCUT2D eigenvalue weighted by molar-refractivity contribution is -0.120. The molecule has 3 heterocycles. The van der Waals surface area contributed by atoms with E-state index >= 15 is 0 Å². The Kier molecular flexibility index (Phi) is 7.71. The molecule has 3 aromatic carbocycles. The van der Waals surface area contributed by atoms with Crippen LogP contribution in [0.3, 0.4) is 0 Å². The third kappa shape index (κ3) is 5.50. The van der Waals surface area contributed by atoms with Crippen LogP contribution in [0.1, 0.15) is 62.7 Å². The molecule has 0 spiro atoms. The predicted octanol–water partition coefficient (Wildman–Crippen LogP) is 6.10. The summed E-state index contributed by atoms with van der Waals surface area (Å²) in [6.45, 7) is 9.95. The molecule has 7 nitrogen and oxygen atoms in total. The van der Waals surface area contributed by atoms with E-state index in [2.05, 4.69) is 77.0 Å². The molecule has 1 saturated heterocycles. The maximum Gasteiger partial charge on any atom is 0.225 e. The Hall–Kier alpha value is -4.20. The van der Waals surface area contributed by atoms with E-state index in [4.69, 9.17) is 8.94 Å². The van der Waals surface area contributed by atoms with Gasteiger partial charge in [-0.25, -0.2) is 0 Å². The molecule has 1 aliphatic rings. The zero-order valence-corrected chi connectivity index (χ0v) is 24.9. The van der Waals surface area contributed by atoms with E-state index in [1.165, 1.54) is 5.56 Å². The Labute approximate surface area is 246 Å². The largest absolute Gasteiger partial charge is 0.459 e. The second-order valence-electron chi connectivity index (χ2n) is 11.5. The second kappa shape index (κ2) is 11.6. The maximum atomic E-state index is 13.5. The molecule has 1 aliphatic heterocycles. The van der Waals surface area contributed by atoms with Gasteiger partial charge in [0.25, 0.3) is 0 Å². The summed E-state index contributed by atoms with van der Waals surface area (Å²) in [5.41, 5.74) is 8.20. The van der Waals surface area contributed by atoms with Gasteiger partial charge in [0.15, 0.2) is 0 Å². The number of rotatable bonds is 9.